The maximum absolute atomic E-state index is 13.3. The van der Waals surface area contributed by atoms with E-state index in [1.54, 1.807) is 22.1 Å². The van der Waals surface area contributed by atoms with Crippen molar-refractivity contribution >= 4 is 29.0 Å². The summed E-state index contributed by atoms with van der Waals surface area (Å²) in [7, 11) is 0. The van der Waals surface area contributed by atoms with Crippen LogP contribution in [0.25, 0.3) is 11.4 Å². The number of fused-ring (bicyclic) bond motifs is 1. The van der Waals surface area contributed by atoms with Gasteiger partial charge in [0.1, 0.15) is 11.3 Å². The van der Waals surface area contributed by atoms with Crippen molar-refractivity contribution < 1.29 is 13.7 Å². The van der Waals surface area contributed by atoms with Crippen LogP contribution in [-0.2, 0) is 6.54 Å². The molecule has 0 bridgehead atoms. The standard InChI is InChI=1S/C21H19ClFN5O2/c1-3-27-17-8-18(22)24-9-13(17)10-28(21(27)29)16-6-12(5-4-11(16)2)19-25-20(30-26-19)14-7-15(14)23/h4-6,8-9,14-15H,3,7,10H2,1-2H3/t14-,15-/m0/s1. The molecule has 7 nitrogen and oxygen atoms in total. The summed E-state index contributed by atoms with van der Waals surface area (Å²) in [5, 5.41) is 4.36. The number of halogens is 2. The summed E-state index contributed by atoms with van der Waals surface area (Å²) in [6, 6.07) is 7.22. The van der Waals surface area contributed by atoms with Crippen molar-refractivity contribution in [3.8, 4) is 11.4 Å². The Morgan fingerprint density at radius 2 is 2.10 bits per heavy atom. The molecule has 3 aromatic rings. The number of carbonyl (C=O) groups is 1. The molecule has 2 amide bonds. The number of urea groups is 1. The first kappa shape index (κ1) is 19.0. The maximum atomic E-state index is 13.3. The van der Waals surface area contributed by atoms with Crippen molar-refractivity contribution in [3.05, 3.63) is 52.6 Å². The molecule has 9 heteroatoms. The third kappa shape index (κ3) is 3.11. The third-order valence-electron chi connectivity index (χ3n) is 5.56. The molecule has 0 unspecified atom stereocenters. The normalized spacial score (nSPS) is 20.5. The molecule has 2 atom stereocenters. The summed E-state index contributed by atoms with van der Waals surface area (Å²) in [6.07, 6.45) is 1.22. The fourth-order valence-corrected chi connectivity index (χ4v) is 3.92. The van der Waals surface area contributed by atoms with Gasteiger partial charge in [0.15, 0.2) is 0 Å². The summed E-state index contributed by atoms with van der Waals surface area (Å²) in [6.45, 7) is 4.74. The van der Waals surface area contributed by atoms with Crippen molar-refractivity contribution in [1.82, 2.24) is 15.1 Å². The second-order valence-corrected chi connectivity index (χ2v) is 7.95. The lowest BCUT2D eigenvalue weighted by molar-refractivity contribution is 0.250. The van der Waals surface area contributed by atoms with E-state index in [4.69, 9.17) is 16.1 Å². The second-order valence-electron chi connectivity index (χ2n) is 7.56. The van der Waals surface area contributed by atoms with Crippen molar-refractivity contribution in [3.63, 3.8) is 0 Å². The number of aromatic nitrogens is 3. The zero-order chi connectivity index (χ0) is 21.0. The van der Waals surface area contributed by atoms with Crippen molar-refractivity contribution in [2.75, 3.05) is 16.3 Å². The fraction of sp³-hybridized carbons (Fsp3) is 0.333. The quantitative estimate of drug-likeness (QED) is 0.554. The van der Waals surface area contributed by atoms with E-state index in [9.17, 15) is 9.18 Å². The van der Waals surface area contributed by atoms with Crippen molar-refractivity contribution in [2.45, 2.75) is 38.9 Å². The molecule has 2 aromatic heterocycles. The minimum Gasteiger partial charge on any atom is -0.339 e. The molecule has 0 N–H and O–H groups in total. The van der Waals surface area contributed by atoms with Gasteiger partial charge in [-0.2, -0.15) is 4.98 Å². The summed E-state index contributed by atoms with van der Waals surface area (Å²) in [5.74, 6) is 0.410. The van der Waals surface area contributed by atoms with Gasteiger partial charge in [0.05, 0.1) is 18.2 Å². The lowest BCUT2D eigenvalue weighted by Crippen LogP contribution is -2.47. The molecule has 1 aliphatic carbocycles. The van der Waals surface area contributed by atoms with Crippen LogP contribution in [0, 0.1) is 6.92 Å². The lowest BCUT2D eigenvalue weighted by atomic mass is 10.1. The van der Waals surface area contributed by atoms with Gasteiger partial charge in [-0.3, -0.25) is 9.80 Å². The largest absolute Gasteiger partial charge is 0.339 e. The number of anilines is 2. The van der Waals surface area contributed by atoms with Crippen LogP contribution in [0.1, 0.15) is 36.3 Å². The number of benzene rings is 1. The number of pyridine rings is 1. The molecule has 0 spiro atoms. The van der Waals surface area contributed by atoms with Gasteiger partial charge in [0.2, 0.25) is 11.7 Å². The zero-order valence-electron chi connectivity index (χ0n) is 16.5. The van der Waals surface area contributed by atoms with Crippen LogP contribution in [0.3, 0.4) is 0 Å². The van der Waals surface area contributed by atoms with Crippen LogP contribution in [0.5, 0.6) is 0 Å². The Balaban J connectivity index is 1.52. The number of hydrogen-bond donors (Lipinski definition) is 0. The van der Waals surface area contributed by atoms with E-state index >= 15 is 0 Å². The van der Waals surface area contributed by atoms with Gasteiger partial charge >= 0.3 is 6.03 Å². The van der Waals surface area contributed by atoms with Crippen LogP contribution >= 0.6 is 11.6 Å². The molecule has 0 saturated heterocycles. The molecule has 1 fully saturated rings. The number of rotatable bonds is 4. The van der Waals surface area contributed by atoms with E-state index in [0.29, 0.717) is 41.9 Å². The van der Waals surface area contributed by atoms with Gasteiger partial charge in [-0.15, -0.1) is 0 Å². The third-order valence-corrected chi connectivity index (χ3v) is 5.76. The zero-order valence-corrected chi connectivity index (χ0v) is 17.2. The molecule has 154 valence electrons. The Kier molecular flexibility index (Phi) is 4.47. The highest BCUT2D eigenvalue weighted by atomic mass is 35.5. The SMILES string of the molecule is CCN1C(=O)N(c2cc(-c3noc([C@H]4C[C@@H]4F)n3)ccc2C)Cc2cnc(Cl)cc21. The molecule has 3 heterocycles. The van der Waals surface area contributed by atoms with Gasteiger partial charge < -0.3 is 4.52 Å². The van der Waals surface area contributed by atoms with Gasteiger partial charge in [0.25, 0.3) is 0 Å². The van der Waals surface area contributed by atoms with E-state index in [1.165, 1.54) is 0 Å². The highest BCUT2D eigenvalue weighted by Gasteiger charge is 2.43. The first-order valence-electron chi connectivity index (χ1n) is 9.78. The van der Waals surface area contributed by atoms with E-state index in [2.05, 4.69) is 15.1 Å². The molecule has 2 aliphatic rings. The summed E-state index contributed by atoms with van der Waals surface area (Å²) >= 11 is 6.04. The molecule has 1 aliphatic heterocycles. The number of aryl methyl sites for hydroxylation is 1. The first-order valence-corrected chi connectivity index (χ1v) is 10.2. The summed E-state index contributed by atoms with van der Waals surface area (Å²) < 4.78 is 18.5. The Hall–Kier alpha value is -3.00. The summed E-state index contributed by atoms with van der Waals surface area (Å²) in [5.41, 5.74) is 4.08. The minimum absolute atomic E-state index is 0.139. The fourth-order valence-electron chi connectivity index (χ4n) is 3.76. The molecule has 5 rings (SSSR count). The predicted octanol–water partition coefficient (Wildman–Crippen LogP) is 4.89. The highest BCUT2D eigenvalue weighted by Crippen LogP contribution is 2.43. The predicted molar refractivity (Wildman–Crippen MR) is 111 cm³/mol. The lowest BCUT2D eigenvalue weighted by Gasteiger charge is -2.37. The van der Waals surface area contributed by atoms with Crippen LogP contribution in [0.2, 0.25) is 5.15 Å². The monoisotopic (exact) mass is 427 g/mol. The number of alkyl halides is 1. The molecular formula is C21H19ClFN5O2. The Morgan fingerprint density at radius 1 is 1.30 bits per heavy atom. The first-order chi connectivity index (χ1) is 14.5. The van der Waals surface area contributed by atoms with Gasteiger partial charge in [-0.25, -0.2) is 14.2 Å². The van der Waals surface area contributed by atoms with Gasteiger partial charge in [-0.1, -0.05) is 28.9 Å². The Labute approximate surface area is 177 Å². The minimum atomic E-state index is -0.903. The van der Waals surface area contributed by atoms with E-state index in [-0.39, 0.29) is 11.9 Å². The summed E-state index contributed by atoms with van der Waals surface area (Å²) in [4.78, 5) is 25.2. The Morgan fingerprint density at radius 3 is 2.83 bits per heavy atom. The average molecular weight is 428 g/mol. The van der Waals surface area contributed by atoms with Crippen molar-refractivity contribution in [1.29, 1.82) is 0 Å². The smallest absolute Gasteiger partial charge is 0.329 e. The average Bonchev–Trinajstić information content (AvgIpc) is 3.26. The molecular weight excluding hydrogens is 409 g/mol. The van der Waals surface area contributed by atoms with Crippen LogP contribution in [0.15, 0.2) is 35.0 Å². The number of amides is 2. The van der Waals surface area contributed by atoms with E-state index < -0.39 is 6.17 Å². The molecule has 1 aromatic carbocycles. The Bertz CT molecular complexity index is 1150. The van der Waals surface area contributed by atoms with Crippen molar-refractivity contribution in [2.24, 2.45) is 0 Å². The van der Waals surface area contributed by atoms with Crippen LogP contribution < -0.4 is 9.80 Å². The maximum Gasteiger partial charge on any atom is 0.329 e. The number of hydrogen-bond acceptors (Lipinski definition) is 5. The highest BCUT2D eigenvalue weighted by molar-refractivity contribution is 6.29. The van der Waals surface area contributed by atoms with Crippen LogP contribution in [-0.4, -0.2) is 33.9 Å². The number of nitrogens with zero attached hydrogens (tertiary/aromatic N) is 5. The molecule has 30 heavy (non-hydrogen) atoms. The topological polar surface area (TPSA) is 75.4 Å². The van der Waals surface area contributed by atoms with Crippen LogP contribution in [0.4, 0.5) is 20.6 Å². The second kappa shape index (κ2) is 7.05. The number of carbonyl (C=O) groups excluding carboxylic acids is 1. The van der Waals surface area contributed by atoms with E-state index in [0.717, 1.165) is 22.5 Å². The molecule has 1 saturated carbocycles. The van der Waals surface area contributed by atoms with E-state index in [1.807, 2.05) is 32.0 Å². The molecule has 0 radical (unpaired) electrons. The van der Waals surface area contributed by atoms with Gasteiger partial charge in [0, 0.05) is 29.6 Å². The van der Waals surface area contributed by atoms with Gasteiger partial charge in [-0.05, 0) is 38.0 Å².